The van der Waals surface area contributed by atoms with Crippen LogP contribution in [0.4, 0.5) is 8.78 Å². The monoisotopic (exact) mass is 254 g/mol. The van der Waals surface area contributed by atoms with Gasteiger partial charge in [0.2, 0.25) is 0 Å². The van der Waals surface area contributed by atoms with E-state index in [2.05, 4.69) is 4.74 Å². The molecule has 6 heteroatoms. The molecule has 2 N–H and O–H groups in total. The fraction of sp³-hybridized carbons (Fsp3) is 0.333. The van der Waals surface area contributed by atoms with Gasteiger partial charge in [-0.2, -0.15) is 5.26 Å². The van der Waals surface area contributed by atoms with Crippen molar-refractivity contribution in [3.63, 3.8) is 0 Å². The molecule has 0 aliphatic heterocycles. The van der Waals surface area contributed by atoms with Gasteiger partial charge >= 0.3 is 5.97 Å². The largest absolute Gasteiger partial charge is 0.462 e. The lowest BCUT2D eigenvalue weighted by Crippen LogP contribution is -2.11. The molecule has 96 valence electrons. The molecule has 0 aliphatic rings. The van der Waals surface area contributed by atoms with E-state index in [0.29, 0.717) is 0 Å². The third kappa shape index (κ3) is 2.81. The number of esters is 1. The molecule has 0 atom stereocenters. The molecule has 1 aromatic carbocycles. The molecule has 0 fully saturated rings. The zero-order chi connectivity index (χ0) is 13.7. The van der Waals surface area contributed by atoms with Gasteiger partial charge in [-0.05, 0) is 24.6 Å². The number of nitrogens with zero attached hydrogens (tertiary/aromatic N) is 1. The minimum Gasteiger partial charge on any atom is -0.462 e. The van der Waals surface area contributed by atoms with E-state index in [1.807, 2.05) is 6.07 Å². The van der Waals surface area contributed by atoms with E-state index in [-0.39, 0.29) is 29.8 Å². The average Bonchev–Trinajstić information content (AvgIpc) is 2.37. The first-order chi connectivity index (χ1) is 8.54. The number of nitrogens with two attached hydrogens (primary N) is 1. The van der Waals surface area contributed by atoms with Crippen LogP contribution in [-0.2, 0) is 11.3 Å². The van der Waals surface area contributed by atoms with Crippen molar-refractivity contribution in [3.05, 3.63) is 34.4 Å². The smallest absolute Gasteiger partial charge is 0.338 e. The molecule has 1 rings (SSSR count). The number of ether oxygens (including phenoxy) is 1. The summed E-state index contributed by atoms with van der Waals surface area (Å²) in [7, 11) is 0. The van der Waals surface area contributed by atoms with Crippen LogP contribution in [-0.4, -0.2) is 12.6 Å². The van der Waals surface area contributed by atoms with Gasteiger partial charge in [-0.15, -0.1) is 0 Å². The summed E-state index contributed by atoms with van der Waals surface area (Å²) in [6.45, 7) is 1.59. The summed E-state index contributed by atoms with van der Waals surface area (Å²) >= 11 is 0. The van der Waals surface area contributed by atoms with Gasteiger partial charge in [0.25, 0.3) is 6.43 Å². The van der Waals surface area contributed by atoms with E-state index in [9.17, 15) is 13.6 Å². The van der Waals surface area contributed by atoms with Gasteiger partial charge in [0.05, 0.1) is 23.8 Å². The van der Waals surface area contributed by atoms with Crippen LogP contribution in [0.3, 0.4) is 0 Å². The first-order valence-electron chi connectivity index (χ1n) is 5.27. The van der Waals surface area contributed by atoms with Gasteiger partial charge < -0.3 is 10.5 Å². The quantitative estimate of drug-likeness (QED) is 0.835. The highest BCUT2D eigenvalue weighted by atomic mass is 19.3. The molecule has 1 aromatic rings. The van der Waals surface area contributed by atoms with Crippen molar-refractivity contribution in [2.75, 3.05) is 6.61 Å². The molecular formula is C12H12F2N2O2. The van der Waals surface area contributed by atoms with E-state index in [0.717, 1.165) is 12.1 Å². The summed E-state index contributed by atoms with van der Waals surface area (Å²) in [4.78, 5) is 11.5. The molecule has 0 spiro atoms. The summed E-state index contributed by atoms with van der Waals surface area (Å²) in [5.41, 5.74) is 4.99. The third-order valence-corrected chi connectivity index (χ3v) is 2.35. The Balaban J connectivity index is 3.39. The van der Waals surface area contributed by atoms with Crippen LogP contribution >= 0.6 is 0 Å². The normalized spacial score (nSPS) is 10.2. The molecular weight excluding hydrogens is 242 g/mol. The van der Waals surface area contributed by atoms with E-state index in [4.69, 9.17) is 11.0 Å². The van der Waals surface area contributed by atoms with Gasteiger partial charge in [-0.1, -0.05) is 0 Å². The fourth-order valence-corrected chi connectivity index (χ4v) is 1.50. The maximum absolute atomic E-state index is 12.8. The molecule has 0 amide bonds. The van der Waals surface area contributed by atoms with Crippen LogP contribution in [0.15, 0.2) is 12.1 Å². The Hall–Kier alpha value is -2.00. The van der Waals surface area contributed by atoms with Crippen LogP contribution in [0, 0.1) is 11.3 Å². The highest BCUT2D eigenvalue weighted by molar-refractivity contribution is 5.92. The number of carbonyl (C=O) groups excluding carboxylic acids is 1. The molecule has 0 aliphatic carbocycles. The lowest BCUT2D eigenvalue weighted by atomic mass is 9.99. The third-order valence-electron chi connectivity index (χ3n) is 2.35. The van der Waals surface area contributed by atoms with E-state index in [1.165, 1.54) is 0 Å². The van der Waals surface area contributed by atoms with Crippen molar-refractivity contribution in [2.45, 2.75) is 19.9 Å². The van der Waals surface area contributed by atoms with Crippen LogP contribution < -0.4 is 5.73 Å². The average molecular weight is 254 g/mol. The Morgan fingerprint density at radius 3 is 2.67 bits per heavy atom. The van der Waals surface area contributed by atoms with Gasteiger partial charge in [-0.25, -0.2) is 13.6 Å². The second-order valence-corrected chi connectivity index (χ2v) is 3.43. The number of carbonyl (C=O) groups is 1. The summed E-state index contributed by atoms with van der Waals surface area (Å²) in [6, 6.07) is 4.00. The van der Waals surface area contributed by atoms with Crippen molar-refractivity contribution >= 4 is 5.97 Å². The number of nitriles is 1. The van der Waals surface area contributed by atoms with Crippen molar-refractivity contribution in [2.24, 2.45) is 5.73 Å². The first kappa shape index (κ1) is 14.1. The van der Waals surface area contributed by atoms with Crippen LogP contribution in [0.25, 0.3) is 0 Å². The maximum atomic E-state index is 12.8. The van der Waals surface area contributed by atoms with Crippen molar-refractivity contribution < 1.29 is 18.3 Å². The SMILES string of the molecule is CCOC(=O)c1cc(C#N)c(CN)cc1C(F)F. The summed E-state index contributed by atoms with van der Waals surface area (Å²) in [6.07, 6.45) is -2.83. The van der Waals surface area contributed by atoms with Crippen LogP contribution in [0.2, 0.25) is 0 Å². The minimum atomic E-state index is -2.83. The van der Waals surface area contributed by atoms with Gasteiger partial charge in [0.15, 0.2) is 0 Å². The molecule has 0 bridgehead atoms. The van der Waals surface area contributed by atoms with E-state index >= 15 is 0 Å². The van der Waals surface area contributed by atoms with E-state index < -0.39 is 18.0 Å². The fourth-order valence-electron chi connectivity index (χ4n) is 1.50. The second-order valence-electron chi connectivity index (χ2n) is 3.43. The molecule has 18 heavy (non-hydrogen) atoms. The Kier molecular flexibility index (Phi) is 4.75. The zero-order valence-electron chi connectivity index (χ0n) is 9.74. The lowest BCUT2D eigenvalue weighted by molar-refractivity contribution is 0.0515. The molecule has 0 saturated carbocycles. The van der Waals surface area contributed by atoms with Crippen molar-refractivity contribution in [1.29, 1.82) is 5.26 Å². The lowest BCUT2D eigenvalue weighted by Gasteiger charge is -2.11. The van der Waals surface area contributed by atoms with Gasteiger partial charge in [0, 0.05) is 12.1 Å². The predicted octanol–water partition coefficient (Wildman–Crippen LogP) is 2.13. The highest BCUT2D eigenvalue weighted by Gasteiger charge is 2.21. The molecule has 4 nitrogen and oxygen atoms in total. The first-order valence-corrected chi connectivity index (χ1v) is 5.27. The minimum absolute atomic E-state index is 0.0499. The van der Waals surface area contributed by atoms with Crippen molar-refractivity contribution in [1.82, 2.24) is 0 Å². The van der Waals surface area contributed by atoms with Crippen LogP contribution in [0.5, 0.6) is 0 Å². The summed E-state index contributed by atoms with van der Waals surface area (Å²) in [5.74, 6) is -0.868. The molecule has 0 saturated heterocycles. The van der Waals surface area contributed by atoms with Crippen molar-refractivity contribution in [3.8, 4) is 6.07 Å². The van der Waals surface area contributed by atoms with E-state index in [1.54, 1.807) is 6.92 Å². The maximum Gasteiger partial charge on any atom is 0.338 e. The standard InChI is InChI=1S/C12H12F2N2O2/c1-2-18-12(17)10-4-8(6-16)7(5-15)3-9(10)11(13)14/h3-4,11H,2,5,15H2,1H3. The Labute approximate surface area is 103 Å². The van der Waals surface area contributed by atoms with Gasteiger partial charge in [0.1, 0.15) is 0 Å². The molecule has 0 unspecified atom stereocenters. The summed E-state index contributed by atoms with van der Waals surface area (Å²) < 4.78 is 30.4. The number of rotatable bonds is 4. The Morgan fingerprint density at radius 2 is 2.22 bits per heavy atom. The number of benzene rings is 1. The zero-order valence-corrected chi connectivity index (χ0v) is 9.74. The van der Waals surface area contributed by atoms with Crippen LogP contribution in [0.1, 0.15) is 40.4 Å². The molecule has 0 aromatic heterocycles. The predicted molar refractivity (Wildman–Crippen MR) is 60.0 cm³/mol. The molecule has 0 radical (unpaired) electrons. The number of halogens is 2. The number of alkyl halides is 2. The number of hydrogen-bond donors (Lipinski definition) is 1. The highest BCUT2D eigenvalue weighted by Crippen LogP contribution is 2.27. The topological polar surface area (TPSA) is 76.1 Å². The second kappa shape index (κ2) is 6.07. The Bertz CT molecular complexity index is 496. The number of hydrogen-bond acceptors (Lipinski definition) is 4. The summed E-state index contributed by atoms with van der Waals surface area (Å²) in [5, 5.41) is 8.87. The molecule has 0 heterocycles. The Morgan fingerprint density at radius 1 is 1.56 bits per heavy atom. The van der Waals surface area contributed by atoms with Gasteiger partial charge in [-0.3, -0.25) is 0 Å².